The van der Waals surface area contributed by atoms with Crippen LogP contribution in [0.15, 0.2) is 23.3 Å². The van der Waals surface area contributed by atoms with Crippen molar-refractivity contribution in [3.05, 3.63) is 28.7 Å². The van der Waals surface area contributed by atoms with Crippen LogP contribution in [0.2, 0.25) is 0 Å². The molecule has 0 bridgehead atoms. The van der Waals surface area contributed by atoms with Gasteiger partial charge in [0.15, 0.2) is 0 Å². The molecule has 0 saturated heterocycles. The van der Waals surface area contributed by atoms with Crippen LogP contribution in [0, 0.1) is 0 Å². The zero-order chi connectivity index (χ0) is 12.1. The van der Waals surface area contributed by atoms with Crippen molar-refractivity contribution in [2.24, 2.45) is 0 Å². The average molecular weight is 223 g/mol. The van der Waals surface area contributed by atoms with Crippen LogP contribution in [-0.2, 0) is 11.3 Å². The summed E-state index contributed by atoms with van der Waals surface area (Å²) in [6, 6.07) is 1.37. The second kappa shape index (κ2) is 5.34. The van der Waals surface area contributed by atoms with Crippen LogP contribution in [-0.4, -0.2) is 28.5 Å². The highest BCUT2D eigenvalue weighted by Gasteiger charge is 2.09. The predicted molar refractivity (Wildman–Crippen MR) is 63.0 cm³/mol. The van der Waals surface area contributed by atoms with Gasteiger partial charge in [0.25, 0.3) is 0 Å². The number of likely N-dealkylation sites (N-methyl/N-ethyl adjacent to an activating group) is 1. The van der Waals surface area contributed by atoms with Gasteiger partial charge in [0.1, 0.15) is 6.54 Å². The molecule has 0 radical (unpaired) electrons. The van der Waals surface area contributed by atoms with Gasteiger partial charge in [-0.15, -0.1) is 0 Å². The van der Waals surface area contributed by atoms with Crippen molar-refractivity contribution in [2.45, 2.75) is 20.4 Å². The smallest absolute Gasteiger partial charge is 0.242 e. The molecule has 0 aliphatic heterocycles. The van der Waals surface area contributed by atoms with Gasteiger partial charge in [0.2, 0.25) is 11.3 Å². The first kappa shape index (κ1) is 12.3. The number of anilines is 1. The van der Waals surface area contributed by atoms with Crippen LogP contribution < -0.4 is 11.2 Å². The predicted octanol–water partition coefficient (Wildman–Crippen LogP) is 0.299. The summed E-state index contributed by atoms with van der Waals surface area (Å²) < 4.78 is 1.62. The summed E-state index contributed by atoms with van der Waals surface area (Å²) in [5.74, 6) is 0.0213. The lowest BCUT2D eigenvalue weighted by molar-refractivity contribution is -0.131. The minimum Gasteiger partial charge on any atom is -0.394 e. The van der Waals surface area contributed by atoms with Crippen molar-refractivity contribution >= 4 is 11.6 Å². The number of carbonyl (C=O) groups is 1. The van der Waals surface area contributed by atoms with Gasteiger partial charge in [-0.05, 0) is 13.8 Å². The maximum atomic E-state index is 11.8. The Kier molecular flexibility index (Phi) is 4.10. The molecule has 0 atom stereocenters. The molecule has 2 N–H and O–H groups in total. The molecule has 88 valence electrons. The number of rotatable bonds is 4. The number of amides is 1. The summed E-state index contributed by atoms with van der Waals surface area (Å²) in [5.41, 5.74) is 5.42. The van der Waals surface area contributed by atoms with Crippen LogP contribution in [0.1, 0.15) is 13.8 Å². The third kappa shape index (κ3) is 2.85. The normalized spacial score (nSPS) is 10.1. The number of hydrogen-bond donors (Lipinski definition) is 1. The molecule has 0 aromatic carbocycles. The maximum absolute atomic E-state index is 11.8. The highest BCUT2D eigenvalue weighted by atomic mass is 16.2. The van der Waals surface area contributed by atoms with Crippen LogP contribution in [0.4, 0.5) is 5.69 Å². The van der Waals surface area contributed by atoms with E-state index in [0.717, 1.165) is 0 Å². The van der Waals surface area contributed by atoms with Gasteiger partial charge in [-0.1, -0.05) is 0 Å². The number of pyridine rings is 1. The second-order valence-corrected chi connectivity index (χ2v) is 3.50. The Labute approximate surface area is 94.5 Å². The van der Waals surface area contributed by atoms with E-state index >= 15 is 0 Å². The number of nitrogen functional groups attached to an aromatic ring is 1. The summed E-state index contributed by atoms with van der Waals surface area (Å²) in [6.07, 6.45) is 3.06. The van der Waals surface area contributed by atoms with Gasteiger partial charge in [0, 0.05) is 31.5 Å². The van der Waals surface area contributed by atoms with E-state index in [9.17, 15) is 9.59 Å². The highest BCUT2D eigenvalue weighted by Crippen LogP contribution is 1.97. The van der Waals surface area contributed by atoms with Gasteiger partial charge in [0.05, 0.1) is 5.69 Å². The zero-order valence-electron chi connectivity index (χ0n) is 9.64. The van der Waals surface area contributed by atoms with E-state index in [-0.39, 0.29) is 23.6 Å². The first-order valence-corrected chi connectivity index (χ1v) is 5.31. The monoisotopic (exact) mass is 223 g/mol. The van der Waals surface area contributed by atoms with Crippen molar-refractivity contribution in [1.82, 2.24) is 9.47 Å². The molecule has 5 nitrogen and oxygen atoms in total. The van der Waals surface area contributed by atoms with E-state index in [1.54, 1.807) is 15.7 Å². The summed E-state index contributed by atoms with van der Waals surface area (Å²) in [6.45, 7) is 5.45. The van der Waals surface area contributed by atoms with E-state index in [1.165, 1.54) is 12.3 Å². The number of nitrogens with two attached hydrogens (primary N) is 1. The number of nitrogens with zero attached hydrogens (tertiary/aromatic N) is 2. The van der Waals surface area contributed by atoms with Crippen LogP contribution in [0.5, 0.6) is 0 Å². The van der Waals surface area contributed by atoms with Crippen LogP contribution in [0.3, 0.4) is 0 Å². The SMILES string of the molecule is CCN(CC)C(=O)Cn1ccc(=O)c(N)c1. The fraction of sp³-hybridized carbons (Fsp3) is 0.455. The van der Waals surface area contributed by atoms with E-state index in [1.807, 2.05) is 13.8 Å². The van der Waals surface area contributed by atoms with E-state index < -0.39 is 0 Å². The van der Waals surface area contributed by atoms with Gasteiger partial charge in [-0.2, -0.15) is 0 Å². The first-order valence-electron chi connectivity index (χ1n) is 5.31. The van der Waals surface area contributed by atoms with E-state index in [4.69, 9.17) is 5.73 Å². The summed E-state index contributed by atoms with van der Waals surface area (Å²) in [4.78, 5) is 24.6. The Morgan fingerprint density at radius 3 is 2.56 bits per heavy atom. The molecule has 1 heterocycles. The third-order valence-corrected chi connectivity index (χ3v) is 2.44. The second-order valence-electron chi connectivity index (χ2n) is 3.50. The minimum absolute atomic E-state index is 0.0213. The average Bonchev–Trinajstić information content (AvgIpc) is 2.25. The fourth-order valence-electron chi connectivity index (χ4n) is 1.48. The lowest BCUT2D eigenvalue weighted by Gasteiger charge is -2.19. The summed E-state index contributed by atoms with van der Waals surface area (Å²) >= 11 is 0. The van der Waals surface area contributed by atoms with Crippen LogP contribution >= 0.6 is 0 Å². The third-order valence-electron chi connectivity index (χ3n) is 2.44. The maximum Gasteiger partial charge on any atom is 0.242 e. The van der Waals surface area contributed by atoms with Crippen LogP contribution in [0.25, 0.3) is 0 Å². The molecule has 16 heavy (non-hydrogen) atoms. The molecule has 0 unspecified atom stereocenters. The lowest BCUT2D eigenvalue weighted by atomic mass is 10.4. The number of carbonyl (C=O) groups excluding carboxylic acids is 1. The van der Waals surface area contributed by atoms with Gasteiger partial charge < -0.3 is 15.2 Å². The Bertz CT molecular complexity index is 421. The molecule has 1 aromatic heterocycles. The quantitative estimate of drug-likeness (QED) is 0.798. The Morgan fingerprint density at radius 1 is 1.44 bits per heavy atom. The molecule has 1 rings (SSSR count). The number of aromatic nitrogens is 1. The van der Waals surface area contributed by atoms with E-state index in [2.05, 4.69) is 0 Å². The van der Waals surface area contributed by atoms with Crippen molar-refractivity contribution in [3.63, 3.8) is 0 Å². The Hall–Kier alpha value is -1.78. The van der Waals surface area contributed by atoms with Crippen molar-refractivity contribution in [2.75, 3.05) is 18.8 Å². The number of hydrogen-bond acceptors (Lipinski definition) is 3. The van der Waals surface area contributed by atoms with Gasteiger partial charge >= 0.3 is 0 Å². The molecule has 1 aromatic rings. The fourth-order valence-corrected chi connectivity index (χ4v) is 1.48. The molecule has 0 fully saturated rings. The molecular weight excluding hydrogens is 206 g/mol. The first-order chi connectivity index (χ1) is 7.58. The van der Waals surface area contributed by atoms with Gasteiger partial charge in [-0.3, -0.25) is 9.59 Å². The zero-order valence-corrected chi connectivity index (χ0v) is 9.64. The largest absolute Gasteiger partial charge is 0.394 e. The molecule has 0 aliphatic carbocycles. The highest BCUT2D eigenvalue weighted by molar-refractivity contribution is 5.76. The summed E-state index contributed by atoms with van der Waals surface area (Å²) in [7, 11) is 0. The van der Waals surface area contributed by atoms with Crippen molar-refractivity contribution in [3.8, 4) is 0 Å². The summed E-state index contributed by atoms with van der Waals surface area (Å²) in [5, 5.41) is 0. The Balaban J connectivity index is 2.77. The molecule has 1 amide bonds. The molecule has 5 heteroatoms. The standard InChI is InChI=1S/C11H17N3O2/c1-3-14(4-2)11(16)8-13-6-5-10(15)9(12)7-13/h5-7H,3-4,8,12H2,1-2H3. The van der Waals surface area contributed by atoms with Gasteiger partial charge in [-0.25, -0.2) is 0 Å². The van der Waals surface area contributed by atoms with Crippen molar-refractivity contribution in [1.29, 1.82) is 0 Å². The molecule has 0 saturated carbocycles. The molecular formula is C11H17N3O2. The molecule has 0 spiro atoms. The minimum atomic E-state index is -0.216. The Morgan fingerprint density at radius 2 is 2.06 bits per heavy atom. The molecule has 0 aliphatic rings. The van der Waals surface area contributed by atoms with E-state index in [0.29, 0.717) is 13.1 Å². The van der Waals surface area contributed by atoms with Crippen molar-refractivity contribution < 1.29 is 4.79 Å². The lowest BCUT2D eigenvalue weighted by Crippen LogP contribution is -2.33. The topological polar surface area (TPSA) is 68.3 Å².